The molecule has 7 heteroatoms. The van der Waals surface area contributed by atoms with Crippen LogP contribution in [0.1, 0.15) is 22.3 Å². The molecule has 1 fully saturated rings. The van der Waals surface area contributed by atoms with Gasteiger partial charge in [0.1, 0.15) is 24.4 Å². The van der Waals surface area contributed by atoms with Crippen LogP contribution in [-0.4, -0.2) is 50.2 Å². The van der Waals surface area contributed by atoms with Crippen LogP contribution in [0.15, 0.2) is 121 Å². The Morgan fingerprint density at radius 2 is 0.907 bits per heavy atom. The van der Waals surface area contributed by atoms with Gasteiger partial charge in [0.05, 0.1) is 39.6 Å². The Hall–Kier alpha value is -3.69. The Kier molecular flexibility index (Phi) is 12.0. The third-order valence-corrected chi connectivity index (χ3v) is 7.16. The highest BCUT2D eigenvalue weighted by atomic mass is 16.7. The van der Waals surface area contributed by atoms with E-state index in [-0.39, 0.29) is 19.8 Å². The molecular weight excluding hydrogens is 544 g/mol. The lowest BCUT2D eigenvalue weighted by atomic mass is 10.0. The van der Waals surface area contributed by atoms with Crippen molar-refractivity contribution < 1.29 is 33.2 Å². The molecule has 4 aromatic carbocycles. The van der Waals surface area contributed by atoms with Crippen molar-refractivity contribution in [1.82, 2.24) is 0 Å². The molecule has 5 rings (SSSR count). The highest BCUT2D eigenvalue weighted by Gasteiger charge is 2.44. The molecule has 0 N–H and O–H groups in total. The lowest BCUT2D eigenvalue weighted by Gasteiger charge is -2.37. The van der Waals surface area contributed by atoms with Crippen LogP contribution in [0.2, 0.25) is 0 Å². The van der Waals surface area contributed by atoms with Crippen molar-refractivity contribution in [3.8, 4) is 0 Å². The summed E-state index contributed by atoms with van der Waals surface area (Å²) < 4.78 is 37.9. The van der Waals surface area contributed by atoms with Crippen LogP contribution >= 0.6 is 0 Å². The van der Waals surface area contributed by atoms with Crippen molar-refractivity contribution in [3.63, 3.8) is 0 Å². The van der Waals surface area contributed by atoms with Gasteiger partial charge in [-0.25, -0.2) is 0 Å². The molecule has 7 nitrogen and oxygen atoms in total. The minimum absolute atomic E-state index is 0.229. The SMILES string of the molecule is O=C[C@H](OCc1ccccc1)[C@H](OCc1ccccc1)[C@@H](OCc1ccccc1)[C@H](OCc1ccccc1)C1OCCO1. The van der Waals surface area contributed by atoms with E-state index in [2.05, 4.69) is 0 Å². The second kappa shape index (κ2) is 16.8. The Morgan fingerprint density at radius 1 is 0.535 bits per heavy atom. The van der Waals surface area contributed by atoms with E-state index in [1.807, 2.05) is 121 Å². The standard InChI is InChI=1S/C36H38O7/c37-23-32(40-24-28-13-5-1-6-14-28)33(41-25-29-15-7-2-8-16-29)34(42-26-30-17-9-3-10-18-30)35(36-38-21-22-39-36)43-27-31-19-11-4-12-20-31/h1-20,23,32-36H,21-22,24-27H2/t32-,33-,34+,35-/m0/s1. The summed E-state index contributed by atoms with van der Waals surface area (Å²) in [6, 6.07) is 39.3. The van der Waals surface area contributed by atoms with Crippen LogP contribution in [-0.2, 0) is 59.6 Å². The summed E-state index contributed by atoms with van der Waals surface area (Å²) in [4.78, 5) is 12.7. The molecule has 4 aromatic rings. The highest BCUT2D eigenvalue weighted by Crippen LogP contribution is 2.27. The maximum absolute atomic E-state index is 12.7. The normalized spacial score (nSPS) is 16.4. The fourth-order valence-corrected chi connectivity index (χ4v) is 4.93. The summed E-state index contributed by atoms with van der Waals surface area (Å²) in [6.07, 6.45) is -3.26. The minimum Gasteiger partial charge on any atom is -0.368 e. The molecular formula is C36H38O7. The smallest absolute Gasteiger partial charge is 0.186 e. The Balaban J connectivity index is 1.46. The average molecular weight is 583 g/mol. The van der Waals surface area contributed by atoms with E-state index in [0.717, 1.165) is 28.5 Å². The fraction of sp³-hybridized carbons (Fsp3) is 0.306. The predicted octanol–water partition coefficient (Wildman–Crippen LogP) is 5.90. The summed E-state index contributed by atoms with van der Waals surface area (Å²) in [7, 11) is 0. The summed E-state index contributed by atoms with van der Waals surface area (Å²) in [5, 5.41) is 0. The van der Waals surface area contributed by atoms with Gasteiger partial charge in [-0.2, -0.15) is 0 Å². The molecule has 0 unspecified atom stereocenters. The summed E-state index contributed by atoms with van der Waals surface area (Å²) in [5.74, 6) is 0. The number of ether oxygens (including phenoxy) is 6. The first kappa shape index (κ1) is 30.8. The van der Waals surface area contributed by atoms with Crippen LogP contribution in [0.25, 0.3) is 0 Å². The molecule has 0 aliphatic carbocycles. The number of aldehydes is 1. The van der Waals surface area contributed by atoms with Crippen molar-refractivity contribution in [2.75, 3.05) is 13.2 Å². The van der Waals surface area contributed by atoms with Gasteiger partial charge >= 0.3 is 0 Å². The van der Waals surface area contributed by atoms with Crippen molar-refractivity contribution in [2.24, 2.45) is 0 Å². The predicted molar refractivity (Wildman–Crippen MR) is 162 cm³/mol. The zero-order valence-corrected chi connectivity index (χ0v) is 24.1. The van der Waals surface area contributed by atoms with Crippen molar-refractivity contribution in [1.29, 1.82) is 0 Å². The summed E-state index contributed by atoms with van der Waals surface area (Å²) in [6.45, 7) is 1.89. The lowest BCUT2D eigenvalue weighted by molar-refractivity contribution is -0.235. The first-order valence-electron chi connectivity index (χ1n) is 14.6. The number of hydrogen-bond acceptors (Lipinski definition) is 7. The number of carbonyl (C=O) groups excluding carboxylic acids is 1. The molecule has 4 atom stereocenters. The lowest BCUT2D eigenvalue weighted by Crippen LogP contribution is -2.54. The van der Waals surface area contributed by atoms with E-state index in [9.17, 15) is 4.79 Å². The molecule has 224 valence electrons. The van der Waals surface area contributed by atoms with Crippen molar-refractivity contribution in [3.05, 3.63) is 144 Å². The zero-order valence-electron chi connectivity index (χ0n) is 24.1. The Labute approximate surface area is 253 Å². The van der Waals surface area contributed by atoms with Gasteiger partial charge in [-0.05, 0) is 22.3 Å². The van der Waals surface area contributed by atoms with E-state index in [4.69, 9.17) is 28.4 Å². The zero-order chi connectivity index (χ0) is 29.5. The van der Waals surface area contributed by atoms with Gasteiger partial charge in [0.15, 0.2) is 12.6 Å². The number of carbonyl (C=O) groups is 1. The van der Waals surface area contributed by atoms with Crippen LogP contribution < -0.4 is 0 Å². The Morgan fingerprint density at radius 3 is 1.33 bits per heavy atom. The average Bonchev–Trinajstić information content (AvgIpc) is 3.61. The van der Waals surface area contributed by atoms with Crippen molar-refractivity contribution in [2.45, 2.75) is 57.1 Å². The van der Waals surface area contributed by atoms with E-state index in [1.165, 1.54) is 0 Å². The number of benzene rings is 4. The highest BCUT2D eigenvalue weighted by molar-refractivity contribution is 5.57. The summed E-state index contributed by atoms with van der Waals surface area (Å²) in [5.41, 5.74) is 3.85. The largest absolute Gasteiger partial charge is 0.368 e. The molecule has 0 aromatic heterocycles. The van der Waals surface area contributed by atoms with Gasteiger partial charge in [-0.15, -0.1) is 0 Å². The Bertz CT molecular complexity index is 1320. The number of rotatable bonds is 17. The molecule has 1 saturated heterocycles. The minimum atomic E-state index is -0.964. The van der Waals surface area contributed by atoms with Gasteiger partial charge < -0.3 is 33.2 Å². The molecule has 1 aliphatic heterocycles. The third kappa shape index (κ3) is 9.40. The third-order valence-electron chi connectivity index (χ3n) is 7.16. The van der Waals surface area contributed by atoms with E-state index >= 15 is 0 Å². The first-order chi connectivity index (χ1) is 21.3. The molecule has 0 saturated carbocycles. The molecule has 0 radical (unpaired) electrons. The molecule has 43 heavy (non-hydrogen) atoms. The van der Waals surface area contributed by atoms with Crippen LogP contribution in [0.4, 0.5) is 0 Å². The van der Waals surface area contributed by atoms with Crippen LogP contribution in [0.5, 0.6) is 0 Å². The van der Waals surface area contributed by atoms with Crippen molar-refractivity contribution >= 4 is 6.29 Å². The van der Waals surface area contributed by atoms with Gasteiger partial charge in [0.2, 0.25) is 0 Å². The van der Waals surface area contributed by atoms with Gasteiger partial charge in [0.25, 0.3) is 0 Å². The number of hydrogen-bond donors (Lipinski definition) is 0. The molecule has 1 heterocycles. The second-order valence-corrected chi connectivity index (χ2v) is 10.3. The van der Waals surface area contributed by atoms with Crippen LogP contribution in [0.3, 0.4) is 0 Å². The maximum Gasteiger partial charge on any atom is 0.186 e. The topological polar surface area (TPSA) is 72.5 Å². The molecule has 0 amide bonds. The van der Waals surface area contributed by atoms with Crippen LogP contribution in [0, 0.1) is 0 Å². The molecule has 0 bridgehead atoms. The van der Waals surface area contributed by atoms with E-state index in [0.29, 0.717) is 19.8 Å². The van der Waals surface area contributed by atoms with E-state index in [1.54, 1.807) is 0 Å². The van der Waals surface area contributed by atoms with Gasteiger partial charge in [-0.3, -0.25) is 0 Å². The first-order valence-corrected chi connectivity index (χ1v) is 14.6. The van der Waals surface area contributed by atoms with Gasteiger partial charge in [0, 0.05) is 0 Å². The monoisotopic (exact) mass is 582 g/mol. The quantitative estimate of drug-likeness (QED) is 0.144. The maximum atomic E-state index is 12.7. The van der Waals surface area contributed by atoms with E-state index < -0.39 is 30.7 Å². The molecule has 0 spiro atoms. The fourth-order valence-electron chi connectivity index (χ4n) is 4.93. The summed E-state index contributed by atoms with van der Waals surface area (Å²) >= 11 is 0. The molecule has 1 aliphatic rings. The van der Waals surface area contributed by atoms with Gasteiger partial charge in [-0.1, -0.05) is 121 Å². The second-order valence-electron chi connectivity index (χ2n) is 10.3.